The van der Waals surface area contributed by atoms with Crippen molar-refractivity contribution in [2.45, 2.75) is 57.8 Å². The summed E-state index contributed by atoms with van der Waals surface area (Å²) >= 11 is 6.44. The number of hydrogen-bond acceptors (Lipinski definition) is 0. The van der Waals surface area contributed by atoms with E-state index in [1.165, 1.54) is 32.1 Å². The topological polar surface area (TPSA) is 0 Å². The molecule has 0 aliphatic heterocycles. The second kappa shape index (κ2) is 3.89. The van der Waals surface area contributed by atoms with E-state index in [1.54, 1.807) is 25.7 Å². The molecule has 4 saturated carbocycles. The third kappa shape index (κ3) is 1.62. The molecule has 0 aromatic carbocycles. The highest BCUT2D eigenvalue weighted by molar-refractivity contribution is 6.18. The van der Waals surface area contributed by atoms with Crippen LogP contribution in [-0.2, 0) is 0 Å². The summed E-state index contributed by atoms with van der Waals surface area (Å²) in [5.74, 6) is 6.28. The van der Waals surface area contributed by atoms with Gasteiger partial charge in [0.2, 0.25) is 0 Å². The number of halogens is 1. The van der Waals surface area contributed by atoms with Crippen molar-refractivity contribution in [3.63, 3.8) is 0 Å². The van der Waals surface area contributed by atoms with E-state index in [0.717, 1.165) is 35.5 Å². The van der Waals surface area contributed by atoms with Crippen molar-refractivity contribution >= 4 is 11.6 Å². The first-order valence-corrected chi connectivity index (χ1v) is 8.38. The van der Waals surface area contributed by atoms with Gasteiger partial charge in [-0.3, -0.25) is 0 Å². The zero-order valence-corrected chi connectivity index (χ0v) is 11.6. The number of fused-ring (bicyclic) bond motifs is 4. The van der Waals surface area contributed by atoms with E-state index in [4.69, 9.17) is 11.6 Å². The van der Waals surface area contributed by atoms with Crippen LogP contribution in [0.3, 0.4) is 0 Å². The standard InChI is InChI=1S/C16H25Cl/c17-10-16(8-12-2-4-15(16)7-12)9-14-6-11-1-3-13(14)5-11/h11-15H,1-10H2. The van der Waals surface area contributed by atoms with Gasteiger partial charge in [-0.25, -0.2) is 0 Å². The summed E-state index contributed by atoms with van der Waals surface area (Å²) in [5, 5.41) is 0. The van der Waals surface area contributed by atoms with E-state index in [-0.39, 0.29) is 0 Å². The molecule has 0 nitrogen and oxygen atoms in total. The van der Waals surface area contributed by atoms with E-state index in [2.05, 4.69) is 0 Å². The highest BCUT2D eigenvalue weighted by Gasteiger charge is 2.53. The quantitative estimate of drug-likeness (QED) is 0.630. The maximum atomic E-state index is 6.44. The fraction of sp³-hybridized carbons (Fsp3) is 1.00. The smallest absolute Gasteiger partial charge is 0.0282 e. The summed E-state index contributed by atoms with van der Waals surface area (Å²) in [4.78, 5) is 0. The van der Waals surface area contributed by atoms with Crippen LogP contribution in [0.5, 0.6) is 0 Å². The van der Waals surface area contributed by atoms with Crippen LogP contribution in [0.15, 0.2) is 0 Å². The lowest BCUT2D eigenvalue weighted by atomic mass is 9.67. The van der Waals surface area contributed by atoms with Crippen LogP contribution in [0.25, 0.3) is 0 Å². The van der Waals surface area contributed by atoms with Gasteiger partial charge >= 0.3 is 0 Å². The molecule has 17 heavy (non-hydrogen) atoms. The molecule has 0 amide bonds. The molecule has 0 spiro atoms. The van der Waals surface area contributed by atoms with Crippen LogP contribution in [-0.4, -0.2) is 5.88 Å². The lowest BCUT2D eigenvalue weighted by molar-refractivity contribution is 0.123. The van der Waals surface area contributed by atoms with Crippen LogP contribution >= 0.6 is 11.6 Å². The maximum absolute atomic E-state index is 6.44. The fourth-order valence-corrected chi connectivity index (χ4v) is 6.61. The zero-order valence-electron chi connectivity index (χ0n) is 10.8. The van der Waals surface area contributed by atoms with Crippen molar-refractivity contribution in [2.24, 2.45) is 35.0 Å². The minimum absolute atomic E-state index is 0.583. The fourth-order valence-electron chi connectivity index (χ4n) is 6.17. The van der Waals surface area contributed by atoms with Crippen molar-refractivity contribution in [3.8, 4) is 0 Å². The van der Waals surface area contributed by atoms with Crippen molar-refractivity contribution in [1.82, 2.24) is 0 Å². The van der Waals surface area contributed by atoms with Gasteiger partial charge in [-0.15, -0.1) is 11.6 Å². The molecule has 6 atom stereocenters. The third-order valence-corrected chi connectivity index (χ3v) is 7.45. The molecule has 4 fully saturated rings. The molecular formula is C16H25Cl. The largest absolute Gasteiger partial charge is 0.126 e. The van der Waals surface area contributed by atoms with E-state index >= 15 is 0 Å². The minimum Gasteiger partial charge on any atom is -0.126 e. The van der Waals surface area contributed by atoms with Gasteiger partial charge < -0.3 is 0 Å². The van der Waals surface area contributed by atoms with Crippen LogP contribution in [0.2, 0.25) is 0 Å². The normalized spacial score (nSPS) is 55.9. The first-order chi connectivity index (χ1) is 8.29. The molecule has 0 aromatic rings. The van der Waals surface area contributed by atoms with Gasteiger partial charge in [-0.2, -0.15) is 0 Å². The SMILES string of the molecule is ClCC1(CC2CC3CCC2C3)CC2CCC1C2. The first-order valence-electron chi connectivity index (χ1n) is 7.85. The lowest BCUT2D eigenvalue weighted by Crippen LogP contribution is -2.33. The Kier molecular flexibility index (Phi) is 2.55. The van der Waals surface area contributed by atoms with Gasteiger partial charge in [0, 0.05) is 5.88 Å². The summed E-state index contributed by atoms with van der Waals surface area (Å²) in [6.45, 7) is 0. The van der Waals surface area contributed by atoms with Crippen molar-refractivity contribution in [1.29, 1.82) is 0 Å². The number of rotatable bonds is 3. The molecule has 96 valence electrons. The Morgan fingerprint density at radius 2 is 1.82 bits per heavy atom. The average molecular weight is 253 g/mol. The Morgan fingerprint density at radius 3 is 2.35 bits per heavy atom. The Bertz CT molecular complexity index is 313. The molecule has 4 bridgehead atoms. The van der Waals surface area contributed by atoms with Crippen molar-refractivity contribution < 1.29 is 0 Å². The Hall–Kier alpha value is 0.290. The van der Waals surface area contributed by atoms with Crippen molar-refractivity contribution in [2.75, 3.05) is 5.88 Å². The molecule has 0 heterocycles. The molecule has 4 rings (SSSR count). The third-order valence-electron chi connectivity index (χ3n) is 6.92. The van der Waals surface area contributed by atoms with Gasteiger partial charge in [0.05, 0.1) is 0 Å². The van der Waals surface area contributed by atoms with Gasteiger partial charge in [0.25, 0.3) is 0 Å². The molecule has 0 aromatic heterocycles. The second-order valence-corrected chi connectivity index (χ2v) is 7.98. The van der Waals surface area contributed by atoms with Gasteiger partial charge in [0.15, 0.2) is 0 Å². The van der Waals surface area contributed by atoms with Gasteiger partial charge in [0.1, 0.15) is 0 Å². The van der Waals surface area contributed by atoms with Crippen LogP contribution < -0.4 is 0 Å². The number of alkyl halides is 1. The molecular weight excluding hydrogens is 228 g/mol. The summed E-state index contributed by atoms with van der Waals surface area (Å²) in [7, 11) is 0. The molecule has 4 aliphatic rings. The summed E-state index contributed by atoms with van der Waals surface area (Å²) in [6.07, 6.45) is 13.7. The average Bonchev–Trinajstić information content (AvgIpc) is 3.08. The Morgan fingerprint density at radius 1 is 0.941 bits per heavy atom. The van der Waals surface area contributed by atoms with Gasteiger partial charge in [-0.1, -0.05) is 12.8 Å². The summed E-state index contributed by atoms with van der Waals surface area (Å²) < 4.78 is 0. The maximum Gasteiger partial charge on any atom is 0.0282 e. The highest BCUT2D eigenvalue weighted by Crippen LogP contribution is 2.62. The van der Waals surface area contributed by atoms with E-state index in [9.17, 15) is 0 Å². The monoisotopic (exact) mass is 252 g/mol. The zero-order chi connectivity index (χ0) is 11.5. The number of hydrogen-bond donors (Lipinski definition) is 0. The summed E-state index contributed by atoms with van der Waals surface area (Å²) in [6, 6.07) is 0. The molecule has 0 N–H and O–H groups in total. The van der Waals surface area contributed by atoms with Crippen LogP contribution in [0.4, 0.5) is 0 Å². The van der Waals surface area contributed by atoms with E-state index < -0.39 is 0 Å². The van der Waals surface area contributed by atoms with Crippen LogP contribution in [0, 0.1) is 35.0 Å². The van der Waals surface area contributed by atoms with E-state index in [1.807, 2.05) is 0 Å². The van der Waals surface area contributed by atoms with Crippen LogP contribution in [0.1, 0.15) is 57.8 Å². The predicted molar refractivity (Wildman–Crippen MR) is 72.2 cm³/mol. The van der Waals surface area contributed by atoms with Crippen molar-refractivity contribution in [3.05, 3.63) is 0 Å². The van der Waals surface area contributed by atoms with Gasteiger partial charge in [-0.05, 0) is 80.0 Å². The van der Waals surface area contributed by atoms with E-state index in [0.29, 0.717) is 5.41 Å². The lowest BCUT2D eigenvalue weighted by Gasteiger charge is -2.40. The molecule has 1 heteroatoms. The molecule has 6 unspecified atom stereocenters. The Labute approximate surface area is 110 Å². The molecule has 0 saturated heterocycles. The minimum atomic E-state index is 0.583. The predicted octanol–water partition coefficient (Wildman–Crippen LogP) is 4.86. The molecule has 0 radical (unpaired) electrons. The Balaban J connectivity index is 1.50. The molecule has 4 aliphatic carbocycles. The summed E-state index contributed by atoms with van der Waals surface area (Å²) in [5.41, 5.74) is 0.583. The second-order valence-electron chi connectivity index (χ2n) is 7.72. The highest BCUT2D eigenvalue weighted by atomic mass is 35.5. The first kappa shape index (κ1) is 11.1.